The van der Waals surface area contributed by atoms with Gasteiger partial charge in [-0.15, -0.1) is 0 Å². The first-order valence-corrected chi connectivity index (χ1v) is 8.78. The second-order valence-corrected chi connectivity index (χ2v) is 7.08. The molecular weight excluding hydrogens is 316 g/mol. The van der Waals surface area contributed by atoms with Gasteiger partial charge in [-0.05, 0) is 24.3 Å². The van der Waals surface area contributed by atoms with Crippen LogP contribution in [-0.2, 0) is 6.54 Å². The van der Waals surface area contributed by atoms with Crippen LogP contribution in [0.5, 0.6) is 0 Å². The topological polar surface area (TPSA) is 70.4 Å². The van der Waals surface area contributed by atoms with Crippen molar-refractivity contribution < 1.29 is 9.32 Å². The van der Waals surface area contributed by atoms with Gasteiger partial charge in [-0.3, -0.25) is 10.2 Å². The summed E-state index contributed by atoms with van der Waals surface area (Å²) < 4.78 is 4.97. The van der Waals surface area contributed by atoms with Gasteiger partial charge in [0.25, 0.3) is 0 Å². The van der Waals surface area contributed by atoms with Gasteiger partial charge in [0.15, 0.2) is 5.82 Å². The summed E-state index contributed by atoms with van der Waals surface area (Å²) in [6, 6.07) is 12.1. The fraction of sp³-hybridized carbons (Fsp3) is 0.474. The summed E-state index contributed by atoms with van der Waals surface area (Å²) in [5.41, 5.74) is 1.33. The number of carbonyl (C=O) groups excluding carboxylic acids is 1. The van der Waals surface area contributed by atoms with Gasteiger partial charge in [0.2, 0.25) is 0 Å². The molecule has 1 aliphatic rings. The summed E-state index contributed by atoms with van der Waals surface area (Å²) in [5, 5.41) is 9.63. The van der Waals surface area contributed by atoms with Crippen LogP contribution in [0.4, 0.5) is 10.6 Å². The maximum Gasteiger partial charge on any atom is 0.320 e. The van der Waals surface area contributed by atoms with E-state index in [4.69, 9.17) is 4.52 Å². The molecule has 2 amide bonds. The molecule has 3 rings (SSSR count). The molecule has 2 aromatic rings. The number of hydrogen-bond donors (Lipinski definition) is 2. The summed E-state index contributed by atoms with van der Waals surface area (Å²) >= 11 is 0. The Kier molecular flexibility index (Phi) is 5.38. The largest absolute Gasteiger partial charge is 0.360 e. The van der Waals surface area contributed by atoms with E-state index in [2.05, 4.69) is 58.8 Å². The second-order valence-electron chi connectivity index (χ2n) is 7.08. The van der Waals surface area contributed by atoms with E-state index in [0.29, 0.717) is 23.4 Å². The molecule has 0 radical (unpaired) electrons. The number of amides is 2. The lowest BCUT2D eigenvalue weighted by Gasteiger charge is -2.41. The summed E-state index contributed by atoms with van der Waals surface area (Å²) in [7, 11) is 0. The molecule has 1 fully saturated rings. The third kappa shape index (κ3) is 4.60. The lowest BCUT2D eigenvalue weighted by atomic mass is 9.85. The van der Waals surface area contributed by atoms with Crippen LogP contribution in [0.3, 0.4) is 0 Å². The molecule has 2 N–H and O–H groups in total. The van der Waals surface area contributed by atoms with Crippen molar-refractivity contribution in [3.05, 3.63) is 47.7 Å². The number of piperidine rings is 1. The molecule has 0 bridgehead atoms. The van der Waals surface area contributed by atoms with E-state index in [9.17, 15) is 4.79 Å². The third-order valence-electron chi connectivity index (χ3n) is 4.73. The molecule has 2 atom stereocenters. The summed E-state index contributed by atoms with van der Waals surface area (Å²) in [4.78, 5) is 14.7. The molecule has 6 heteroatoms. The number of urea groups is 1. The third-order valence-corrected chi connectivity index (χ3v) is 4.73. The van der Waals surface area contributed by atoms with Crippen LogP contribution in [0.2, 0.25) is 0 Å². The maximum atomic E-state index is 12.2. The zero-order chi connectivity index (χ0) is 17.8. The molecule has 6 nitrogen and oxygen atoms in total. The Morgan fingerprint density at radius 1 is 1.24 bits per heavy atom. The fourth-order valence-electron chi connectivity index (χ4n) is 3.66. The van der Waals surface area contributed by atoms with Crippen molar-refractivity contribution in [3.63, 3.8) is 0 Å². The smallest absolute Gasteiger partial charge is 0.320 e. The highest BCUT2D eigenvalue weighted by atomic mass is 16.5. The van der Waals surface area contributed by atoms with Crippen molar-refractivity contribution in [2.75, 3.05) is 18.4 Å². The highest BCUT2D eigenvalue weighted by molar-refractivity contribution is 5.88. The first-order chi connectivity index (χ1) is 12.0. The fourth-order valence-corrected chi connectivity index (χ4v) is 3.66. The lowest BCUT2D eigenvalue weighted by molar-refractivity contribution is 0.0994. The number of nitrogens with zero attached hydrogens (tertiary/aromatic N) is 2. The normalized spacial score (nSPS) is 21.9. The summed E-state index contributed by atoms with van der Waals surface area (Å²) in [5.74, 6) is 1.86. The van der Waals surface area contributed by atoms with Crippen molar-refractivity contribution in [3.8, 4) is 0 Å². The Morgan fingerprint density at radius 2 is 1.92 bits per heavy atom. The van der Waals surface area contributed by atoms with E-state index in [1.54, 1.807) is 13.0 Å². The summed E-state index contributed by atoms with van der Waals surface area (Å²) in [6.45, 7) is 9.06. The highest BCUT2D eigenvalue weighted by Crippen LogP contribution is 2.23. The SMILES string of the molecule is Cc1cc(NC(=O)NC2[C@H](C)CN(Cc3ccccc3)C[C@H]2C)no1. The zero-order valence-corrected chi connectivity index (χ0v) is 15.0. The van der Waals surface area contributed by atoms with Crippen LogP contribution in [0.1, 0.15) is 25.2 Å². The monoisotopic (exact) mass is 342 g/mol. The number of anilines is 1. The number of carbonyl (C=O) groups is 1. The molecule has 25 heavy (non-hydrogen) atoms. The molecule has 1 aromatic carbocycles. The summed E-state index contributed by atoms with van der Waals surface area (Å²) in [6.07, 6.45) is 0. The van der Waals surface area contributed by atoms with Gasteiger partial charge in [0.1, 0.15) is 5.76 Å². The first kappa shape index (κ1) is 17.5. The molecule has 1 aromatic heterocycles. The van der Waals surface area contributed by atoms with Crippen LogP contribution in [0.25, 0.3) is 0 Å². The van der Waals surface area contributed by atoms with Crippen LogP contribution >= 0.6 is 0 Å². The van der Waals surface area contributed by atoms with Crippen LogP contribution < -0.4 is 10.6 Å². The number of hydrogen-bond acceptors (Lipinski definition) is 4. The van der Waals surface area contributed by atoms with Gasteiger partial charge < -0.3 is 9.84 Å². The molecule has 0 unspecified atom stereocenters. The molecule has 0 spiro atoms. The minimum Gasteiger partial charge on any atom is -0.360 e. The van der Waals surface area contributed by atoms with Gasteiger partial charge >= 0.3 is 6.03 Å². The molecule has 1 saturated heterocycles. The minimum atomic E-state index is -0.228. The quantitative estimate of drug-likeness (QED) is 0.895. The van der Waals surface area contributed by atoms with Crippen molar-refractivity contribution in [1.82, 2.24) is 15.4 Å². The van der Waals surface area contributed by atoms with Gasteiger partial charge in [0, 0.05) is 31.7 Å². The average Bonchev–Trinajstić information content (AvgIpc) is 2.97. The van der Waals surface area contributed by atoms with Crippen molar-refractivity contribution in [2.24, 2.45) is 11.8 Å². The van der Waals surface area contributed by atoms with Crippen LogP contribution in [0.15, 0.2) is 40.9 Å². The predicted molar refractivity (Wildman–Crippen MR) is 97.2 cm³/mol. The van der Waals surface area contributed by atoms with Crippen molar-refractivity contribution in [1.29, 1.82) is 0 Å². The van der Waals surface area contributed by atoms with E-state index in [1.807, 2.05) is 6.07 Å². The Morgan fingerprint density at radius 3 is 2.52 bits per heavy atom. The molecular formula is C19H26N4O2. The molecule has 1 aliphatic heterocycles. The van der Waals surface area contributed by atoms with Crippen molar-refractivity contribution in [2.45, 2.75) is 33.4 Å². The molecule has 0 aliphatic carbocycles. The number of aryl methyl sites for hydroxylation is 1. The van der Waals surface area contributed by atoms with Gasteiger partial charge in [-0.2, -0.15) is 0 Å². The van der Waals surface area contributed by atoms with E-state index in [-0.39, 0.29) is 12.1 Å². The first-order valence-electron chi connectivity index (χ1n) is 8.78. The minimum absolute atomic E-state index is 0.139. The van der Waals surface area contributed by atoms with E-state index >= 15 is 0 Å². The second kappa shape index (κ2) is 7.70. The number of likely N-dealkylation sites (tertiary alicyclic amines) is 1. The Hall–Kier alpha value is -2.34. The van der Waals surface area contributed by atoms with Crippen LogP contribution in [0, 0.1) is 18.8 Å². The zero-order valence-electron chi connectivity index (χ0n) is 15.0. The Labute approximate surface area is 148 Å². The van der Waals surface area contributed by atoms with Gasteiger partial charge in [-0.25, -0.2) is 4.79 Å². The maximum absolute atomic E-state index is 12.2. The Bertz CT molecular complexity index is 688. The molecule has 2 heterocycles. The number of rotatable bonds is 4. The standard InChI is InChI=1S/C19H26N4O2/c1-13-10-23(12-16-7-5-4-6-8-16)11-14(2)18(13)21-19(24)20-17-9-15(3)25-22-17/h4-9,13-14,18H,10-12H2,1-3H3,(H2,20,21,22,24)/t13-,14-/m1/s1. The predicted octanol–water partition coefficient (Wildman–Crippen LogP) is 3.26. The number of nitrogens with one attached hydrogen (secondary N) is 2. The number of aromatic nitrogens is 1. The highest BCUT2D eigenvalue weighted by Gasteiger charge is 2.33. The average molecular weight is 342 g/mol. The molecule has 134 valence electrons. The van der Waals surface area contributed by atoms with Crippen LogP contribution in [-0.4, -0.2) is 35.2 Å². The lowest BCUT2D eigenvalue weighted by Crippen LogP contribution is -2.55. The van der Waals surface area contributed by atoms with Gasteiger partial charge in [-0.1, -0.05) is 49.3 Å². The van der Waals surface area contributed by atoms with E-state index in [1.165, 1.54) is 5.56 Å². The van der Waals surface area contributed by atoms with Gasteiger partial charge in [0.05, 0.1) is 0 Å². The van der Waals surface area contributed by atoms with E-state index < -0.39 is 0 Å². The number of benzene rings is 1. The molecule has 0 saturated carbocycles. The Balaban J connectivity index is 1.54. The van der Waals surface area contributed by atoms with Crippen molar-refractivity contribution >= 4 is 11.8 Å². The van der Waals surface area contributed by atoms with E-state index in [0.717, 1.165) is 19.6 Å².